The van der Waals surface area contributed by atoms with E-state index in [4.69, 9.17) is 5.73 Å². The minimum absolute atomic E-state index is 0.0657. The predicted octanol–water partition coefficient (Wildman–Crippen LogP) is 3.69. The van der Waals surface area contributed by atoms with E-state index in [1.54, 1.807) is 6.07 Å². The van der Waals surface area contributed by atoms with Crippen LogP contribution in [0.3, 0.4) is 0 Å². The smallest absolute Gasteiger partial charge is 0.370 e. The van der Waals surface area contributed by atoms with Crippen molar-refractivity contribution < 1.29 is 13.2 Å². The second kappa shape index (κ2) is 8.73. The zero-order chi connectivity index (χ0) is 21.0. The first-order valence-electron chi connectivity index (χ1n) is 9.49. The Kier molecular flexibility index (Phi) is 6.32. The average Bonchev–Trinajstić information content (AvgIpc) is 2.66. The first-order chi connectivity index (χ1) is 13.7. The number of aryl methyl sites for hydroxylation is 1. The van der Waals surface area contributed by atoms with E-state index < -0.39 is 11.7 Å². The summed E-state index contributed by atoms with van der Waals surface area (Å²) in [7, 11) is 2.03. The van der Waals surface area contributed by atoms with Crippen LogP contribution in [0.15, 0.2) is 47.5 Å². The summed E-state index contributed by atoms with van der Waals surface area (Å²) in [6.07, 6.45) is -4.40. The van der Waals surface area contributed by atoms with Gasteiger partial charge in [0.1, 0.15) is 0 Å². The molecule has 0 aromatic heterocycles. The van der Waals surface area contributed by atoms with Crippen molar-refractivity contribution in [3.8, 4) is 0 Å². The van der Waals surface area contributed by atoms with Gasteiger partial charge in [-0.1, -0.05) is 12.1 Å². The lowest BCUT2D eigenvalue weighted by Crippen LogP contribution is -2.44. The molecule has 0 spiro atoms. The van der Waals surface area contributed by atoms with E-state index in [1.807, 2.05) is 38.2 Å². The fourth-order valence-corrected chi connectivity index (χ4v) is 3.32. The quantitative estimate of drug-likeness (QED) is 0.602. The number of halogens is 3. The third kappa shape index (κ3) is 5.63. The van der Waals surface area contributed by atoms with Gasteiger partial charge in [-0.2, -0.15) is 13.2 Å². The van der Waals surface area contributed by atoms with Crippen molar-refractivity contribution >= 4 is 17.3 Å². The Balaban J connectivity index is 1.82. The highest BCUT2D eigenvalue weighted by atomic mass is 19.4. The van der Waals surface area contributed by atoms with Crippen molar-refractivity contribution in [3.05, 3.63) is 59.2 Å². The molecule has 0 radical (unpaired) electrons. The highest BCUT2D eigenvalue weighted by molar-refractivity contribution is 5.92. The van der Waals surface area contributed by atoms with Gasteiger partial charge in [-0.15, -0.1) is 0 Å². The van der Waals surface area contributed by atoms with Crippen LogP contribution in [-0.4, -0.2) is 44.1 Å². The standard InChI is InChI=1S/C21H26F3N5/c1-15-4-3-5-18(12-15)27-20(25)26-14-16-13-17(21(22,23)24)6-7-19(16)29-10-8-28(2)9-11-29/h3-7,12-13H,8-11,14H2,1-2H3,(H3,25,26,27). The summed E-state index contributed by atoms with van der Waals surface area (Å²) in [4.78, 5) is 8.59. The number of aliphatic imine (C=N–C) groups is 1. The minimum Gasteiger partial charge on any atom is -0.370 e. The van der Waals surface area contributed by atoms with E-state index in [0.29, 0.717) is 5.56 Å². The average molecular weight is 405 g/mol. The van der Waals surface area contributed by atoms with E-state index in [-0.39, 0.29) is 12.5 Å². The molecule has 1 saturated heterocycles. The maximum Gasteiger partial charge on any atom is 0.416 e. The summed E-state index contributed by atoms with van der Waals surface area (Å²) >= 11 is 0. The van der Waals surface area contributed by atoms with Crippen LogP contribution in [0.4, 0.5) is 24.5 Å². The Morgan fingerprint density at radius 2 is 1.83 bits per heavy atom. The first kappa shape index (κ1) is 21.0. The molecule has 0 amide bonds. The van der Waals surface area contributed by atoms with Gasteiger partial charge in [0.15, 0.2) is 5.96 Å². The molecule has 2 aromatic carbocycles. The molecule has 3 N–H and O–H groups in total. The second-order valence-electron chi connectivity index (χ2n) is 7.33. The fraction of sp³-hybridized carbons (Fsp3) is 0.381. The lowest BCUT2D eigenvalue weighted by Gasteiger charge is -2.35. The number of nitrogens with two attached hydrogens (primary N) is 1. The molecule has 5 nitrogen and oxygen atoms in total. The van der Waals surface area contributed by atoms with Crippen LogP contribution in [-0.2, 0) is 12.7 Å². The van der Waals surface area contributed by atoms with Crippen LogP contribution in [0.25, 0.3) is 0 Å². The summed E-state index contributed by atoms with van der Waals surface area (Å²) < 4.78 is 39.7. The van der Waals surface area contributed by atoms with Gasteiger partial charge in [-0.05, 0) is 55.4 Å². The molecule has 2 aromatic rings. The minimum atomic E-state index is -4.40. The van der Waals surface area contributed by atoms with Crippen LogP contribution in [0.1, 0.15) is 16.7 Å². The van der Waals surface area contributed by atoms with E-state index >= 15 is 0 Å². The molecule has 156 valence electrons. The molecule has 8 heteroatoms. The molecule has 29 heavy (non-hydrogen) atoms. The summed E-state index contributed by atoms with van der Waals surface area (Å²) in [6.45, 7) is 5.27. The fourth-order valence-electron chi connectivity index (χ4n) is 3.32. The lowest BCUT2D eigenvalue weighted by atomic mass is 10.1. The van der Waals surface area contributed by atoms with E-state index in [0.717, 1.165) is 49.2 Å². The maximum atomic E-state index is 13.2. The Labute approximate surface area is 169 Å². The Morgan fingerprint density at radius 1 is 1.10 bits per heavy atom. The highest BCUT2D eigenvalue weighted by Gasteiger charge is 2.31. The number of likely N-dealkylation sites (N-methyl/N-ethyl adjacent to an activating group) is 1. The van der Waals surface area contributed by atoms with Gasteiger partial charge >= 0.3 is 6.18 Å². The number of hydrogen-bond donors (Lipinski definition) is 2. The number of piperazine rings is 1. The van der Waals surface area contributed by atoms with Crippen LogP contribution in [0.5, 0.6) is 0 Å². The molecule has 1 aliphatic heterocycles. The molecule has 3 rings (SSSR count). The zero-order valence-electron chi connectivity index (χ0n) is 16.6. The van der Waals surface area contributed by atoms with Crippen molar-refractivity contribution in [2.75, 3.05) is 43.4 Å². The van der Waals surface area contributed by atoms with E-state index in [9.17, 15) is 13.2 Å². The van der Waals surface area contributed by atoms with Gasteiger partial charge in [0.05, 0.1) is 12.1 Å². The van der Waals surface area contributed by atoms with Crippen molar-refractivity contribution in [1.29, 1.82) is 0 Å². The summed E-state index contributed by atoms with van der Waals surface area (Å²) in [5, 5.41) is 2.99. The van der Waals surface area contributed by atoms with Crippen molar-refractivity contribution in [3.63, 3.8) is 0 Å². The largest absolute Gasteiger partial charge is 0.416 e. The molecule has 1 fully saturated rings. The van der Waals surface area contributed by atoms with Crippen molar-refractivity contribution in [1.82, 2.24) is 4.90 Å². The lowest BCUT2D eigenvalue weighted by molar-refractivity contribution is -0.137. The van der Waals surface area contributed by atoms with E-state index in [2.05, 4.69) is 20.1 Å². The molecule has 0 saturated carbocycles. The molecule has 0 aliphatic carbocycles. The molecule has 0 atom stereocenters. The number of nitrogens with zero attached hydrogens (tertiary/aromatic N) is 3. The Bertz CT molecular complexity index is 871. The number of hydrogen-bond acceptors (Lipinski definition) is 3. The monoisotopic (exact) mass is 405 g/mol. The number of alkyl halides is 3. The van der Waals surface area contributed by atoms with Crippen LogP contribution in [0, 0.1) is 6.92 Å². The number of benzene rings is 2. The first-order valence-corrected chi connectivity index (χ1v) is 9.49. The summed E-state index contributed by atoms with van der Waals surface area (Å²) in [6, 6.07) is 11.5. The third-order valence-electron chi connectivity index (χ3n) is 4.96. The van der Waals surface area contributed by atoms with Crippen molar-refractivity contribution in [2.45, 2.75) is 19.6 Å². The normalized spacial score (nSPS) is 16.2. The molecule has 1 aliphatic rings. The van der Waals surface area contributed by atoms with Gasteiger partial charge in [0, 0.05) is 37.6 Å². The van der Waals surface area contributed by atoms with Crippen LogP contribution >= 0.6 is 0 Å². The SMILES string of the molecule is Cc1cccc(NC(N)=NCc2cc(C(F)(F)F)ccc2N2CCN(C)CC2)c1. The highest BCUT2D eigenvalue weighted by Crippen LogP contribution is 2.33. The number of nitrogens with one attached hydrogen (secondary N) is 1. The summed E-state index contributed by atoms with van der Waals surface area (Å²) in [5.74, 6) is 0.164. The summed E-state index contributed by atoms with van der Waals surface area (Å²) in [5.41, 5.74) is 8.44. The molecule has 0 unspecified atom stereocenters. The predicted molar refractivity (Wildman–Crippen MR) is 111 cm³/mol. The Hall–Kier alpha value is -2.74. The number of anilines is 2. The molecular formula is C21H26F3N5. The Morgan fingerprint density at radius 3 is 2.48 bits per heavy atom. The van der Waals surface area contributed by atoms with E-state index in [1.165, 1.54) is 6.07 Å². The van der Waals surface area contributed by atoms with Gasteiger partial charge in [-0.3, -0.25) is 0 Å². The molecular weight excluding hydrogens is 379 g/mol. The molecule has 0 bridgehead atoms. The van der Waals surface area contributed by atoms with Gasteiger partial charge in [0.25, 0.3) is 0 Å². The van der Waals surface area contributed by atoms with Gasteiger partial charge in [0.2, 0.25) is 0 Å². The van der Waals surface area contributed by atoms with Crippen molar-refractivity contribution in [2.24, 2.45) is 10.7 Å². The molecule has 1 heterocycles. The number of rotatable bonds is 4. The van der Waals surface area contributed by atoms with Crippen LogP contribution < -0.4 is 16.0 Å². The third-order valence-corrected chi connectivity index (χ3v) is 4.96. The van der Waals surface area contributed by atoms with Gasteiger partial charge in [-0.25, -0.2) is 4.99 Å². The number of guanidine groups is 1. The zero-order valence-corrected chi connectivity index (χ0v) is 16.6. The van der Waals surface area contributed by atoms with Crippen LogP contribution in [0.2, 0.25) is 0 Å². The topological polar surface area (TPSA) is 56.9 Å². The second-order valence-corrected chi connectivity index (χ2v) is 7.33. The van der Waals surface area contributed by atoms with Gasteiger partial charge < -0.3 is 20.9 Å². The maximum absolute atomic E-state index is 13.2.